The Kier molecular flexibility index (Phi) is 6.45. The fraction of sp³-hybridized carbons (Fsp3) is 0.533. The first kappa shape index (κ1) is 16.4. The van der Waals surface area contributed by atoms with E-state index >= 15 is 0 Å². The molecule has 5 heteroatoms. The van der Waals surface area contributed by atoms with Gasteiger partial charge in [-0.25, -0.2) is 4.39 Å². The third-order valence-corrected chi connectivity index (χ3v) is 2.93. The summed E-state index contributed by atoms with van der Waals surface area (Å²) in [5, 5.41) is 2.77. The summed E-state index contributed by atoms with van der Waals surface area (Å²) in [6.07, 6.45) is 0.165. The number of nitrogens with two attached hydrogens (primary N) is 1. The van der Waals surface area contributed by atoms with Gasteiger partial charge in [-0.1, -0.05) is 19.9 Å². The molecule has 1 rings (SSSR count). The van der Waals surface area contributed by atoms with Crippen LogP contribution < -0.4 is 15.8 Å². The number of amides is 1. The van der Waals surface area contributed by atoms with Crippen LogP contribution in [0.2, 0.25) is 0 Å². The fourth-order valence-corrected chi connectivity index (χ4v) is 1.64. The Morgan fingerprint density at radius 3 is 2.65 bits per heavy atom. The summed E-state index contributed by atoms with van der Waals surface area (Å²) in [4.78, 5) is 11.8. The van der Waals surface area contributed by atoms with Crippen molar-refractivity contribution in [2.45, 2.75) is 39.8 Å². The van der Waals surface area contributed by atoms with Crippen LogP contribution in [-0.2, 0) is 11.3 Å². The lowest BCUT2D eigenvalue weighted by atomic mass is 10.1. The highest BCUT2D eigenvalue weighted by atomic mass is 19.1. The van der Waals surface area contributed by atoms with E-state index in [1.807, 2.05) is 0 Å². The highest BCUT2D eigenvalue weighted by molar-refractivity contribution is 5.80. The first-order valence-electron chi connectivity index (χ1n) is 6.87. The molecule has 1 atom stereocenters. The zero-order valence-electron chi connectivity index (χ0n) is 12.3. The largest absolute Gasteiger partial charge is 0.478 e. The molecule has 20 heavy (non-hydrogen) atoms. The molecule has 0 saturated heterocycles. The molecule has 0 spiro atoms. The fourth-order valence-electron chi connectivity index (χ4n) is 1.64. The molecular formula is C15H23FN2O2. The number of ether oxygens (including phenoxy) is 1. The third-order valence-electron chi connectivity index (χ3n) is 2.93. The van der Waals surface area contributed by atoms with Crippen molar-refractivity contribution in [3.63, 3.8) is 0 Å². The van der Waals surface area contributed by atoms with Crippen LogP contribution in [0, 0.1) is 11.7 Å². The smallest absolute Gasteiger partial charge is 0.260 e. The molecule has 0 aliphatic rings. The molecule has 0 aromatic heterocycles. The number of rotatable bonds is 7. The van der Waals surface area contributed by atoms with Gasteiger partial charge in [-0.3, -0.25) is 4.79 Å². The Morgan fingerprint density at radius 1 is 1.40 bits per heavy atom. The molecule has 1 aromatic carbocycles. The standard InChI is InChI=1S/C15H23FN2O2/c1-10(2)6-7-18-15(19)11(3)20-14-5-4-12(9-17)8-13(14)16/h4-5,8,10-11H,6-7,9,17H2,1-3H3,(H,18,19). The Hall–Kier alpha value is -1.62. The average Bonchev–Trinajstić information content (AvgIpc) is 2.40. The summed E-state index contributed by atoms with van der Waals surface area (Å²) in [6, 6.07) is 4.50. The van der Waals surface area contributed by atoms with Crippen LogP contribution in [0.1, 0.15) is 32.8 Å². The van der Waals surface area contributed by atoms with Crippen molar-refractivity contribution in [2.75, 3.05) is 6.54 Å². The van der Waals surface area contributed by atoms with Crippen LogP contribution in [0.4, 0.5) is 4.39 Å². The SMILES string of the molecule is CC(C)CCNC(=O)C(C)Oc1ccc(CN)cc1F. The molecule has 0 aliphatic heterocycles. The second-order valence-corrected chi connectivity index (χ2v) is 5.20. The van der Waals surface area contributed by atoms with Crippen molar-refractivity contribution < 1.29 is 13.9 Å². The minimum Gasteiger partial charge on any atom is -0.478 e. The zero-order chi connectivity index (χ0) is 15.1. The van der Waals surface area contributed by atoms with Gasteiger partial charge in [-0.15, -0.1) is 0 Å². The molecule has 0 heterocycles. The maximum absolute atomic E-state index is 13.7. The second kappa shape index (κ2) is 7.85. The van der Waals surface area contributed by atoms with E-state index in [1.165, 1.54) is 12.1 Å². The summed E-state index contributed by atoms with van der Waals surface area (Å²) in [7, 11) is 0. The number of carbonyl (C=O) groups is 1. The maximum atomic E-state index is 13.7. The van der Waals surface area contributed by atoms with Crippen LogP contribution >= 0.6 is 0 Å². The summed E-state index contributed by atoms with van der Waals surface area (Å²) >= 11 is 0. The molecule has 0 radical (unpaired) electrons. The molecule has 0 aliphatic carbocycles. The van der Waals surface area contributed by atoms with Gasteiger partial charge in [0.25, 0.3) is 5.91 Å². The predicted octanol–water partition coefficient (Wildman–Crippen LogP) is 2.21. The van der Waals surface area contributed by atoms with Crippen LogP contribution in [0.5, 0.6) is 5.75 Å². The van der Waals surface area contributed by atoms with Crippen molar-refractivity contribution >= 4 is 5.91 Å². The van der Waals surface area contributed by atoms with Gasteiger partial charge in [0, 0.05) is 13.1 Å². The molecule has 1 unspecified atom stereocenters. The number of hydrogen-bond donors (Lipinski definition) is 2. The lowest BCUT2D eigenvalue weighted by Crippen LogP contribution is -2.37. The molecule has 0 fully saturated rings. The summed E-state index contributed by atoms with van der Waals surface area (Å²) in [6.45, 7) is 6.63. The first-order chi connectivity index (χ1) is 9.43. The Morgan fingerprint density at radius 2 is 2.10 bits per heavy atom. The van der Waals surface area contributed by atoms with E-state index in [2.05, 4.69) is 19.2 Å². The van der Waals surface area contributed by atoms with E-state index < -0.39 is 11.9 Å². The first-order valence-corrected chi connectivity index (χ1v) is 6.87. The topological polar surface area (TPSA) is 64.3 Å². The Labute approximate surface area is 119 Å². The second-order valence-electron chi connectivity index (χ2n) is 5.20. The van der Waals surface area contributed by atoms with Gasteiger partial charge >= 0.3 is 0 Å². The molecule has 4 nitrogen and oxygen atoms in total. The van der Waals surface area contributed by atoms with E-state index in [0.29, 0.717) is 18.0 Å². The monoisotopic (exact) mass is 282 g/mol. The van der Waals surface area contributed by atoms with Crippen molar-refractivity contribution in [1.29, 1.82) is 0 Å². The zero-order valence-corrected chi connectivity index (χ0v) is 12.3. The van der Waals surface area contributed by atoms with Crippen molar-refractivity contribution in [2.24, 2.45) is 11.7 Å². The molecular weight excluding hydrogens is 259 g/mol. The van der Waals surface area contributed by atoms with Gasteiger partial charge in [0.1, 0.15) is 0 Å². The number of benzene rings is 1. The number of nitrogens with one attached hydrogen (secondary N) is 1. The highest BCUT2D eigenvalue weighted by Crippen LogP contribution is 2.19. The van der Waals surface area contributed by atoms with Crippen LogP contribution in [0.3, 0.4) is 0 Å². The van der Waals surface area contributed by atoms with Crippen LogP contribution in [-0.4, -0.2) is 18.6 Å². The van der Waals surface area contributed by atoms with Gasteiger partial charge in [0.2, 0.25) is 0 Å². The van der Waals surface area contributed by atoms with Crippen LogP contribution in [0.15, 0.2) is 18.2 Å². The van der Waals surface area contributed by atoms with Gasteiger partial charge < -0.3 is 15.8 Å². The van der Waals surface area contributed by atoms with Gasteiger partial charge in [-0.2, -0.15) is 0 Å². The molecule has 112 valence electrons. The Bertz CT molecular complexity index is 449. The van der Waals surface area contributed by atoms with E-state index in [4.69, 9.17) is 10.5 Å². The van der Waals surface area contributed by atoms with E-state index in [-0.39, 0.29) is 18.2 Å². The van der Waals surface area contributed by atoms with E-state index in [9.17, 15) is 9.18 Å². The van der Waals surface area contributed by atoms with Crippen molar-refractivity contribution in [3.8, 4) is 5.75 Å². The number of hydrogen-bond acceptors (Lipinski definition) is 3. The molecule has 1 aromatic rings. The lowest BCUT2D eigenvalue weighted by molar-refractivity contribution is -0.127. The van der Waals surface area contributed by atoms with Gasteiger partial charge in [0.05, 0.1) is 0 Å². The van der Waals surface area contributed by atoms with Gasteiger partial charge in [-0.05, 0) is 37.0 Å². The predicted molar refractivity (Wildman–Crippen MR) is 76.8 cm³/mol. The van der Waals surface area contributed by atoms with Gasteiger partial charge in [0.15, 0.2) is 17.7 Å². The van der Waals surface area contributed by atoms with Crippen LogP contribution in [0.25, 0.3) is 0 Å². The molecule has 0 saturated carbocycles. The minimum atomic E-state index is -0.736. The average molecular weight is 282 g/mol. The van der Waals surface area contributed by atoms with Crippen molar-refractivity contribution in [3.05, 3.63) is 29.6 Å². The molecule has 1 amide bonds. The summed E-state index contributed by atoms with van der Waals surface area (Å²) < 4.78 is 19.0. The van der Waals surface area contributed by atoms with E-state index in [0.717, 1.165) is 6.42 Å². The maximum Gasteiger partial charge on any atom is 0.260 e. The highest BCUT2D eigenvalue weighted by Gasteiger charge is 2.16. The quantitative estimate of drug-likeness (QED) is 0.806. The minimum absolute atomic E-state index is 0.0636. The molecule has 3 N–H and O–H groups in total. The Balaban J connectivity index is 2.52. The molecule has 0 bridgehead atoms. The van der Waals surface area contributed by atoms with E-state index in [1.54, 1.807) is 13.0 Å². The number of halogens is 1. The summed E-state index contributed by atoms with van der Waals surface area (Å²) in [5.41, 5.74) is 6.11. The normalized spacial score (nSPS) is 12.3. The lowest BCUT2D eigenvalue weighted by Gasteiger charge is -2.16. The third kappa shape index (κ3) is 5.17. The summed E-state index contributed by atoms with van der Waals surface area (Å²) in [5.74, 6) is -0.163. The van der Waals surface area contributed by atoms with Crippen molar-refractivity contribution in [1.82, 2.24) is 5.32 Å². The number of carbonyl (C=O) groups excluding carboxylic acids is 1.